The maximum absolute atomic E-state index is 13.7. The first-order valence-electron chi connectivity index (χ1n) is 10.5. The number of rotatable bonds is 4. The van der Waals surface area contributed by atoms with Gasteiger partial charge in [0, 0.05) is 28.8 Å². The summed E-state index contributed by atoms with van der Waals surface area (Å²) in [7, 11) is 0. The molecule has 2 heterocycles. The van der Waals surface area contributed by atoms with E-state index < -0.39 is 0 Å². The van der Waals surface area contributed by atoms with Crippen LogP contribution in [0.4, 0.5) is 0 Å². The molecule has 1 amide bonds. The Kier molecular flexibility index (Phi) is 5.58. The van der Waals surface area contributed by atoms with Gasteiger partial charge in [-0.05, 0) is 43.0 Å². The van der Waals surface area contributed by atoms with Crippen molar-refractivity contribution in [1.29, 1.82) is 0 Å². The molecule has 1 fully saturated rings. The number of aliphatic imine (C=N–C) groups is 1. The number of carbonyl (C=O) groups is 1. The van der Waals surface area contributed by atoms with Crippen LogP contribution in [0.15, 0.2) is 75.3 Å². The molecular weight excluding hydrogens is 438 g/mol. The van der Waals surface area contributed by atoms with Gasteiger partial charge in [0.05, 0.1) is 11.6 Å². The van der Waals surface area contributed by atoms with Crippen molar-refractivity contribution in [3.63, 3.8) is 0 Å². The Morgan fingerprint density at radius 3 is 2.43 bits per heavy atom. The lowest BCUT2D eigenvalue weighted by Gasteiger charge is -2.28. The summed E-state index contributed by atoms with van der Waals surface area (Å²) in [6, 6.07) is 18.3. The second-order valence-corrected chi connectivity index (χ2v) is 9.90. The molecule has 30 heavy (non-hydrogen) atoms. The molecule has 0 bridgehead atoms. The van der Waals surface area contributed by atoms with E-state index in [0.29, 0.717) is 18.8 Å². The summed E-state index contributed by atoms with van der Waals surface area (Å²) in [5.41, 5.74) is 4.62. The third-order valence-corrected chi connectivity index (χ3v) is 6.21. The Morgan fingerprint density at radius 1 is 1.13 bits per heavy atom. The predicted molar refractivity (Wildman–Crippen MR) is 125 cm³/mol. The second-order valence-electron chi connectivity index (χ2n) is 8.98. The normalized spacial score (nSPS) is 20.7. The average Bonchev–Trinajstić information content (AvgIpc) is 2.86. The molecule has 2 aromatic rings. The van der Waals surface area contributed by atoms with E-state index in [9.17, 15) is 4.79 Å². The number of nitrogens with zero attached hydrogens (tertiary/aromatic N) is 2. The fourth-order valence-electron chi connectivity index (χ4n) is 4.24. The number of likely N-dealkylation sites (tertiary alicyclic amines) is 1. The Hall–Kier alpha value is -2.40. The van der Waals surface area contributed by atoms with E-state index >= 15 is 0 Å². The van der Waals surface area contributed by atoms with Crippen LogP contribution in [-0.4, -0.2) is 28.6 Å². The van der Waals surface area contributed by atoms with Gasteiger partial charge in [0.1, 0.15) is 5.71 Å². The Bertz CT molecular complexity index is 1010. The quantitative estimate of drug-likeness (QED) is 0.668. The van der Waals surface area contributed by atoms with Gasteiger partial charge in [-0.15, -0.1) is 0 Å². The number of amides is 1. The van der Waals surface area contributed by atoms with E-state index in [2.05, 4.69) is 73.2 Å². The number of nitrogens with one attached hydrogen (secondary N) is 1. The maximum atomic E-state index is 13.7. The molecule has 1 unspecified atom stereocenters. The lowest BCUT2D eigenvalue weighted by Crippen LogP contribution is -2.35. The first-order chi connectivity index (χ1) is 14.3. The average molecular weight is 466 g/mol. The van der Waals surface area contributed by atoms with Gasteiger partial charge in [-0.2, -0.15) is 0 Å². The van der Waals surface area contributed by atoms with Crippen molar-refractivity contribution >= 4 is 27.5 Å². The summed E-state index contributed by atoms with van der Waals surface area (Å²) >= 11 is 3.54. The lowest BCUT2D eigenvalue weighted by atomic mass is 9.92. The van der Waals surface area contributed by atoms with Crippen molar-refractivity contribution in [3.8, 4) is 0 Å². The zero-order chi connectivity index (χ0) is 21.5. The van der Waals surface area contributed by atoms with E-state index in [1.54, 1.807) is 0 Å². The van der Waals surface area contributed by atoms with E-state index in [0.717, 1.165) is 26.9 Å². The first-order valence-corrected chi connectivity index (χ1v) is 11.2. The minimum absolute atomic E-state index is 0.0108. The molecule has 1 N–H and O–H groups in total. The number of hydrogen-bond acceptors (Lipinski definition) is 3. The third-order valence-electron chi connectivity index (χ3n) is 5.68. The monoisotopic (exact) mass is 465 g/mol. The topological polar surface area (TPSA) is 44.7 Å². The minimum Gasteiger partial charge on any atom is -0.385 e. The Balaban J connectivity index is 1.91. The molecule has 0 saturated carbocycles. The molecule has 4 nitrogen and oxygen atoms in total. The Labute approximate surface area is 187 Å². The number of carbonyl (C=O) groups excluding carboxylic acids is 1. The van der Waals surface area contributed by atoms with Crippen molar-refractivity contribution in [2.75, 3.05) is 6.54 Å². The molecular formula is C25H28BrN3O. The summed E-state index contributed by atoms with van der Waals surface area (Å²) in [4.78, 5) is 20.7. The first kappa shape index (κ1) is 20.9. The molecule has 0 radical (unpaired) electrons. The van der Waals surface area contributed by atoms with Gasteiger partial charge in [-0.25, -0.2) is 0 Å². The largest absolute Gasteiger partial charge is 0.385 e. The minimum atomic E-state index is -0.347. The van der Waals surface area contributed by atoms with Gasteiger partial charge in [0.25, 0.3) is 5.91 Å². The van der Waals surface area contributed by atoms with Crippen LogP contribution in [-0.2, 0) is 11.3 Å². The number of halogens is 1. The van der Waals surface area contributed by atoms with Crippen molar-refractivity contribution in [2.24, 2.45) is 10.9 Å². The molecule has 0 aliphatic carbocycles. The summed E-state index contributed by atoms with van der Waals surface area (Å²) in [5, 5.41) is 3.64. The molecule has 0 spiro atoms. The van der Waals surface area contributed by atoms with Crippen LogP contribution in [0.3, 0.4) is 0 Å². The van der Waals surface area contributed by atoms with Crippen molar-refractivity contribution in [3.05, 3.63) is 81.5 Å². The van der Waals surface area contributed by atoms with E-state index in [-0.39, 0.29) is 23.4 Å². The highest BCUT2D eigenvalue weighted by Crippen LogP contribution is 2.42. The van der Waals surface area contributed by atoms with Gasteiger partial charge in [-0.3, -0.25) is 9.79 Å². The van der Waals surface area contributed by atoms with Gasteiger partial charge in [-0.1, -0.05) is 72.2 Å². The fraction of sp³-hybridized carbons (Fsp3) is 0.360. The number of hydrogen-bond donors (Lipinski definition) is 1. The second kappa shape index (κ2) is 8.03. The van der Waals surface area contributed by atoms with Gasteiger partial charge >= 0.3 is 0 Å². The maximum Gasteiger partial charge on any atom is 0.273 e. The molecule has 156 valence electrons. The smallest absolute Gasteiger partial charge is 0.273 e. The molecule has 0 aromatic heterocycles. The van der Waals surface area contributed by atoms with Crippen LogP contribution in [0.5, 0.6) is 0 Å². The van der Waals surface area contributed by atoms with E-state index in [1.165, 1.54) is 0 Å². The van der Waals surface area contributed by atoms with E-state index in [4.69, 9.17) is 4.99 Å². The summed E-state index contributed by atoms with van der Waals surface area (Å²) in [6.07, 6.45) is 0. The summed E-state index contributed by atoms with van der Waals surface area (Å²) in [6.45, 7) is 9.77. The van der Waals surface area contributed by atoms with Gasteiger partial charge in [0.15, 0.2) is 0 Å². The number of fused-ring (bicyclic) bond motifs is 1. The highest BCUT2D eigenvalue weighted by Gasteiger charge is 2.46. The summed E-state index contributed by atoms with van der Waals surface area (Å²) in [5.74, 6) is 0.276. The molecule has 1 atom stereocenters. The van der Waals surface area contributed by atoms with Crippen LogP contribution in [0.25, 0.3) is 0 Å². The SMILES string of the molecule is CC(C)C1=C2C(=NC(C)(C)CN1)C(=O)N(Cc1ccccc1)C2c1ccc(Br)cc1. The van der Waals surface area contributed by atoms with Crippen molar-refractivity contribution in [2.45, 2.75) is 45.8 Å². The van der Waals surface area contributed by atoms with Crippen molar-refractivity contribution < 1.29 is 4.79 Å². The van der Waals surface area contributed by atoms with Crippen LogP contribution in [0.1, 0.15) is 44.9 Å². The fourth-order valence-corrected chi connectivity index (χ4v) is 4.50. The van der Waals surface area contributed by atoms with E-state index in [1.807, 2.05) is 35.2 Å². The number of benzene rings is 2. The van der Waals surface area contributed by atoms with Crippen LogP contribution in [0, 0.1) is 5.92 Å². The lowest BCUT2D eigenvalue weighted by molar-refractivity contribution is -0.124. The molecule has 4 rings (SSSR count). The van der Waals surface area contributed by atoms with Crippen molar-refractivity contribution in [1.82, 2.24) is 10.2 Å². The highest BCUT2D eigenvalue weighted by molar-refractivity contribution is 9.10. The Morgan fingerprint density at radius 2 is 1.80 bits per heavy atom. The molecule has 2 aliphatic heterocycles. The molecule has 1 saturated heterocycles. The van der Waals surface area contributed by atoms with Crippen LogP contribution >= 0.6 is 15.9 Å². The number of allylic oxidation sites excluding steroid dienone is 1. The summed E-state index contributed by atoms with van der Waals surface area (Å²) < 4.78 is 1.03. The standard InChI is InChI=1S/C25H28BrN3O/c1-16(2)21-20-22(28-25(3,4)15-27-21)24(30)29(14-17-8-6-5-7-9-17)23(20)18-10-12-19(26)13-11-18/h5-13,16,23,27H,14-15H2,1-4H3. The van der Waals surface area contributed by atoms with Gasteiger partial charge in [0.2, 0.25) is 0 Å². The zero-order valence-electron chi connectivity index (χ0n) is 17.9. The van der Waals surface area contributed by atoms with Gasteiger partial charge < -0.3 is 10.2 Å². The zero-order valence-corrected chi connectivity index (χ0v) is 19.5. The van der Waals surface area contributed by atoms with Crippen LogP contribution < -0.4 is 5.32 Å². The molecule has 5 heteroatoms. The van der Waals surface area contributed by atoms with Crippen LogP contribution in [0.2, 0.25) is 0 Å². The predicted octanol–water partition coefficient (Wildman–Crippen LogP) is 5.27. The third kappa shape index (κ3) is 3.95. The molecule has 2 aliphatic rings. The molecule has 2 aromatic carbocycles. The highest BCUT2D eigenvalue weighted by atomic mass is 79.9.